The summed E-state index contributed by atoms with van der Waals surface area (Å²) in [6.07, 6.45) is 9.69. The van der Waals surface area contributed by atoms with Crippen molar-refractivity contribution in [2.45, 2.75) is 68.6 Å². The Labute approximate surface area is 169 Å². The van der Waals surface area contributed by atoms with E-state index in [4.69, 9.17) is 9.47 Å². The van der Waals surface area contributed by atoms with Gasteiger partial charge in [0.25, 0.3) is 0 Å². The molecule has 0 unspecified atom stereocenters. The van der Waals surface area contributed by atoms with E-state index < -0.39 is 0 Å². The summed E-state index contributed by atoms with van der Waals surface area (Å²) in [5, 5.41) is 4.20. The molecule has 2 aliphatic heterocycles. The van der Waals surface area contributed by atoms with Gasteiger partial charge in [-0.25, -0.2) is 0 Å². The van der Waals surface area contributed by atoms with E-state index in [1.807, 2.05) is 27.7 Å². The van der Waals surface area contributed by atoms with Gasteiger partial charge in [-0.2, -0.15) is 0 Å². The van der Waals surface area contributed by atoms with Gasteiger partial charge in [-0.05, 0) is 49.8 Å². The number of carbonyl (C=O) groups is 1. The zero-order chi connectivity index (χ0) is 18.5. The first kappa shape index (κ1) is 19.3. The predicted molar refractivity (Wildman–Crippen MR) is 113 cm³/mol. The highest BCUT2D eigenvalue weighted by Gasteiger charge is 2.37. The second-order valence-corrected chi connectivity index (χ2v) is 10.6. The highest BCUT2D eigenvalue weighted by molar-refractivity contribution is 8.77. The minimum absolute atomic E-state index is 0.195. The van der Waals surface area contributed by atoms with Crippen LogP contribution in [0.4, 0.5) is 0 Å². The molecule has 1 amide bonds. The van der Waals surface area contributed by atoms with Crippen LogP contribution >= 0.6 is 21.6 Å². The van der Waals surface area contributed by atoms with Gasteiger partial charge in [0.2, 0.25) is 5.91 Å². The second-order valence-electron chi connectivity index (χ2n) is 7.77. The Hall–Kier alpha value is -1.01. The fourth-order valence-electron chi connectivity index (χ4n) is 4.36. The molecule has 3 aliphatic rings. The maximum absolute atomic E-state index is 12.7. The molecule has 0 spiro atoms. The van der Waals surface area contributed by atoms with Crippen LogP contribution in [-0.2, 0) is 10.3 Å². The van der Waals surface area contributed by atoms with E-state index in [0.717, 1.165) is 60.8 Å². The van der Waals surface area contributed by atoms with Gasteiger partial charge in [0.05, 0.1) is 5.54 Å². The number of hydrogen-bond acceptors (Lipinski definition) is 5. The molecule has 1 atom stereocenters. The van der Waals surface area contributed by atoms with Crippen molar-refractivity contribution in [2.24, 2.45) is 0 Å². The summed E-state index contributed by atoms with van der Waals surface area (Å²) in [4.78, 5) is 12.7. The monoisotopic (exact) mass is 407 g/mol. The van der Waals surface area contributed by atoms with Crippen molar-refractivity contribution in [3.05, 3.63) is 23.8 Å². The van der Waals surface area contributed by atoms with Gasteiger partial charge in [-0.1, -0.05) is 46.9 Å². The van der Waals surface area contributed by atoms with E-state index in [2.05, 4.69) is 17.4 Å². The lowest BCUT2D eigenvalue weighted by Gasteiger charge is -2.32. The van der Waals surface area contributed by atoms with Crippen LogP contribution in [0.5, 0.6) is 11.5 Å². The number of hydrogen-bond donors (Lipinski definition) is 1. The molecule has 148 valence electrons. The summed E-state index contributed by atoms with van der Waals surface area (Å²) in [6.45, 7) is 1.19. The van der Waals surface area contributed by atoms with Crippen LogP contribution in [-0.4, -0.2) is 30.1 Å². The van der Waals surface area contributed by atoms with Crippen LogP contribution in [0.25, 0.3) is 0 Å². The van der Waals surface area contributed by atoms with Gasteiger partial charge >= 0.3 is 0 Å². The van der Waals surface area contributed by atoms with Crippen LogP contribution in [0.2, 0.25) is 0 Å². The molecular formula is C21H29NO3S2. The van der Waals surface area contributed by atoms with E-state index in [1.165, 1.54) is 18.6 Å². The van der Waals surface area contributed by atoms with E-state index in [0.29, 0.717) is 19.6 Å². The van der Waals surface area contributed by atoms with E-state index in [-0.39, 0.29) is 11.4 Å². The molecule has 1 aromatic carbocycles. The number of benzene rings is 1. The first-order valence-corrected chi connectivity index (χ1v) is 12.6. The topological polar surface area (TPSA) is 47.6 Å². The number of nitrogens with one attached hydrogen (secondary N) is 1. The lowest BCUT2D eigenvalue weighted by Crippen LogP contribution is -2.43. The number of rotatable bonds is 7. The predicted octanol–water partition coefficient (Wildman–Crippen LogP) is 5.06. The highest BCUT2D eigenvalue weighted by Crippen LogP contribution is 2.43. The average Bonchev–Trinajstić information content (AvgIpc) is 3.37. The molecule has 2 heterocycles. The Morgan fingerprint density at radius 3 is 2.74 bits per heavy atom. The molecule has 1 N–H and O–H groups in total. The van der Waals surface area contributed by atoms with Crippen molar-refractivity contribution in [3.8, 4) is 11.5 Å². The normalized spacial score (nSPS) is 23.3. The quantitative estimate of drug-likeness (QED) is 0.506. The first-order chi connectivity index (χ1) is 13.3. The molecule has 1 saturated heterocycles. The summed E-state index contributed by atoms with van der Waals surface area (Å²) in [5.41, 5.74) is 0.933. The number of carbonyl (C=O) groups excluding carboxylic acids is 1. The lowest BCUT2D eigenvalue weighted by atomic mass is 9.87. The molecule has 0 bridgehead atoms. The lowest BCUT2D eigenvalue weighted by molar-refractivity contribution is -0.123. The third-order valence-corrected chi connectivity index (χ3v) is 8.84. The maximum Gasteiger partial charge on any atom is 0.220 e. The number of unbranched alkanes of at least 4 members (excludes halogenated alkanes) is 1. The Bertz CT molecular complexity index is 655. The summed E-state index contributed by atoms with van der Waals surface area (Å²) in [7, 11) is 4.02. The molecule has 4 rings (SSSR count). The number of ether oxygens (including phenoxy) is 2. The third-order valence-electron chi connectivity index (χ3n) is 5.84. The fraction of sp³-hybridized carbons (Fsp3) is 0.667. The van der Waals surface area contributed by atoms with Gasteiger partial charge < -0.3 is 14.8 Å². The third kappa shape index (κ3) is 4.70. The Kier molecular flexibility index (Phi) is 6.43. The van der Waals surface area contributed by atoms with E-state index >= 15 is 0 Å². The van der Waals surface area contributed by atoms with Crippen LogP contribution in [0.3, 0.4) is 0 Å². The smallest absolute Gasteiger partial charge is 0.220 e. The van der Waals surface area contributed by atoms with Crippen LogP contribution < -0.4 is 14.8 Å². The van der Waals surface area contributed by atoms with Gasteiger partial charge in [-0.15, -0.1) is 0 Å². The summed E-state index contributed by atoms with van der Waals surface area (Å²) in [6, 6.07) is 6.18. The minimum Gasteiger partial charge on any atom is -0.486 e. The number of fused-ring (bicyclic) bond motifs is 1. The minimum atomic E-state index is -0.231. The average molecular weight is 408 g/mol. The molecule has 2 fully saturated rings. The second kappa shape index (κ2) is 8.99. The van der Waals surface area contributed by atoms with Crippen molar-refractivity contribution in [1.82, 2.24) is 5.32 Å². The standard InChI is InChI=1S/C21H29NO3S2/c23-20(6-2-1-5-17-9-14-26-27-17)22-21(10-3-4-11-21)16-7-8-18-19(15-16)25-13-12-24-18/h7-8,15,17H,1-6,9-14H2,(H,22,23)/t17-/m1/s1. The Morgan fingerprint density at radius 2 is 1.96 bits per heavy atom. The first-order valence-electron chi connectivity index (χ1n) is 10.2. The molecule has 1 aliphatic carbocycles. The molecule has 0 radical (unpaired) electrons. The molecule has 0 aromatic heterocycles. The van der Waals surface area contributed by atoms with Gasteiger partial charge in [0, 0.05) is 17.4 Å². The van der Waals surface area contributed by atoms with Gasteiger partial charge in [0.1, 0.15) is 13.2 Å². The Balaban J connectivity index is 1.34. The highest BCUT2D eigenvalue weighted by atomic mass is 33.1. The van der Waals surface area contributed by atoms with Crippen molar-refractivity contribution < 1.29 is 14.3 Å². The van der Waals surface area contributed by atoms with E-state index in [1.54, 1.807) is 0 Å². The summed E-state index contributed by atoms with van der Waals surface area (Å²) in [5.74, 6) is 3.10. The Morgan fingerprint density at radius 1 is 1.15 bits per heavy atom. The molecule has 4 nitrogen and oxygen atoms in total. The maximum atomic E-state index is 12.7. The molecule has 6 heteroatoms. The van der Waals surface area contributed by atoms with Crippen LogP contribution in [0.15, 0.2) is 18.2 Å². The number of amides is 1. The fourth-order valence-corrected chi connectivity index (χ4v) is 7.38. The molecule has 1 aromatic rings. The zero-order valence-corrected chi connectivity index (χ0v) is 17.5. The molecule has 27 heavy (non-hydrogen) atoms. The molecular weight excluding hydrogens is 378 g/mol. The molecule has 1 saturated carbocycles. The largest absolute Gasteiger partial charge is 0.486 e. The van der Waals surface area contributed by atoms with Crippen molar-refractivity contribution in [1.29, 1.82) is 0 Å². The van der Waals surface area contributed by atoms with Crippen molar-refractivity contribution >= 4 is 27.5 Å². The van der Waals surface area contributed by atoms with Gasteiger partial charge in [0.15, 0.2) is 11.5 Å². The SMILES string of the molecule is O=C(CCCC[C@@H]1CCSS1)NC1(c2ccc3c(c2)OCCO3)CCCC1. The summed E-state index contributed by atoms with van der Waals surface area (Å²) >= 11 is 0. The van der Waals surface area contributed by atoms with Crippen molar-refractivity contribution in [3.63, 3.8) is 0 Å². The van der Waals surface area contributed by atoms with Crippen LogP contribution in [0.1, 0.15) is 63.4 Å². The van der Waals surface area contributed by atoms with Gasteiger partial charge in [-0.3, -0.25) is 4.79 Å². The van der Waals surface area contributed by atoms with Crippen molar-refractivity contribution in [2.75, 3.05) is 19.0 Å². The van der Waals surface area contributed by atoms with Crippen LogP contribution in [0, 0.1) is 0 Å². The van der Waals surface area contributed by atoms with E-state index in [9.17, 15) is 4.79 Å². The zero-order valence-electron chi connectivity index (χ0n) is 15.8. The summed E-state index contributed by atoms with van der Waals surface area (Å²) < 4.78 is 11.4.